The Kier molecular flexibility index (Phi) is 4.17. The average Bonchev–Trinajstić information content (AvgIpc) is 3.12. The quantitative estimate of drug-likeness (QED) is 0.920. The first-order chi connectivity index (χ1) is 11.3. The van der Waals surface area contributed by atoms with Gasteiger partial charge in [0.15, 0.2) is 0 Å². The summed E-state index contributed by atoms with van der Waals surface area (Å²) in [5.41, 5.74) is 0.953. The molecule has 1 N–H and O–H groups in total. The number of aliphatic hydroxyl groups is 1. The topological polar surface area (TPSA) is 58.4 Å². The number of hydrogen-bond acceptors (Lipinski definition) is 3. The molecule has 0 spiro atoms. The molecule has 6 heteroatoms. The summed E-state index contributed by atoms with van der Waals surface area (Å²) in [6, 6.07) is 5.86. The molecule has 1 aromatic carbocycles. The summed E-state index contributed by atoms with van der Waals surface area (Å²) in [7, 11) is 0. The third kappa shape index (κ3) is 3.19. The van der Waals surface area contributed by atoms with Crippen molar-refractivity contribution in [2.75, 3.05) is 6.54 Å². The van der Waals surface area contributed by atoms with Crippen molar-refractivity contribution in [3.8, 4) is 0 Å². The van der Waals surface area contributed by atoms with Crippen LogP contribution < -0.4 is 0 Å². The largest absolute Gasteiger partial charge is 0.391 e. The lowest BCUT2D eigenvalue weighted by atomic mass is 10.0. The van der Waals surface area contributed by atoms with E-state index < -0.39 is 6.10 Å². The van der Waals surface area contributed by atoms with Crippen LogP contribution in [0, 0.1) is 5.82 Å². The molecule has 2 unspecified atom stereocenters. The van der Waals surface area contributed by atoms with E-state index in [0.717, 1.165) is 0 Å². The highest BCUT2D eigenvalue weighted by atomic mass is 19.1. The maximum absolute atomic E-state index is 13.5. The van der Waals surface area contributed by atoms with Gasteiger partial charge in [-0.15, -0.1) is 0 Å². The predicted octanol–water partition coefficient (Wildman–Crippen LogP) is 2.73. The van der Waals surface area contributed by atoms with Gasteiger partial charge in [-0.2, -0.15) is 5.10 Å². The zero-order valence-corrected chi connectivity index (χ0v) is 14.1. The number of amides is 1. The monoisotopic (exact) mass is 331 g/mol. The number of hydrogen-bond donors (Lipinski definition) is 1. The first kappa shape index (κ1) is 16.6. The normalized spacial score (nSPS) is 21.3. The lowest BCUT2D eigenvalue weighted by molar-refractivity contribution is 0.0715. The molecule has 0 radical (unpaired) electrons. The van der Waals surface area contributed by atoms with Crippen molar-refractivity contribution >= 4 is 5.91 Å². The van der Waals surface area contributed by atoms with E-state index in [1.54, 1.807) is 34.1 Å². The predicted molar refractivity (Wildman–Crippen MR) is 88.0 cm³/mol. The lowest BCUT2D eigenvalue weighted by Crippen LogP contribution is -2.31. The van der Waals surface area contributed by atoms with E-state index in [9.17, 15) is 14.3 Å². The summed E-state index contributed by atoms with van der Waals surface area (Å²) in [6.07, 6.45) is 3.05. The van der Waals surface area contributed by atoms with Crippen molar-refractivity contribution in [2.45, 2.75) is 44.9 Å². The Morgan fingerprint density at radius 2 is 2.12 bits per heavy atom. The van der Waals surface area contributed by atoms with Gasteiger partial charge in [0.25, 0.3) is 5.91 Å². The molecule has 1 amide bonds. The molecule has 2 heterocycles. The Bertz CT molecular complexity index is 751. The first-order valence-electron chi connectivity index (χ1n) is 8.05. The molecule has 2 atom stereocenters. The number of benzene rings is 1. The molecule has 1 aromatic heterocycles. The van der Waals surface area contributed by atoms with Crippen LogP contribution in [-0.4, -0.2) is 38.3 Å². The molecule has 2 aromatic rings. The molecule has 0 saturated carbocycles. The van der Waals surface area contributed by atoms with Gasteiger partial charge in [0, 0.05) is 12.7 Å². The third-order valence-electron chi connectivity index (χ3n) is 4.29. The first-order valence-corrected chi connectivity index (χ1v) is 8.05. The second-order valence-electron chi connectivity index (χ2n) is 7.26. The Hall–Kier alpha value is -2.21. The molecule has 5 nitrogen and oxygen atoms in total. The number of halogens is 1. The summed E-state index contributed by atoms with van der Waals surface area (Å²) in [5.74, 6) is -0.543. The number of β-amino-alcohol motifs (C(OH)–C–C–N with tert-alkyl or cyclic N) is 1. The minimum Gasteiger partial charge on any atom is -0.391 e. The maximum atomic E-state index is 13.5. The van der Waals surface area contributed by atoms with Crippen LogP contribution in [0.5, 0.6) is 0 Å². The fourth-order valence-electron chi connectivity index (χ4n) is 3.03. The van der Waals surface area contributed by atoms with Crippen LogP contribution in [0.1, 0.15) is 49.2 Å². The molecule has 0 bridgehead atoms. The summed E-state index contributed by atoms with van der Waals surface area (Å²) in [4.78, 5) is 14.5. The van der Waals surface area contributed by atoms with Crippen LogP contribution in [0.15, 0.2) is 36.7 Å². The Morgan fingerprint density at radius 3 is 2.75 bits per heavy atom. The van der Waals surface area contributed by atoms with Crippen molar-refractivity contribution < 1.29 is 14.3 Å². The van der Waals surface area contributed by atoms with Crippen LogP contribution in [-0.2, 0) is 5.54 Å². The van der Waals surface area contributed by atoms with Crippen molar-refractivity contribution in [2.24, 2.45) is 0 Å². The second-order valence-corrected chi connectivity index (χ2v) is 7.26. The Balaban J connectivity index is 1.88. The fourth-order valence-corrected chi connectivity index (χ4v) is 3.03. The number of aliphatic hydroxyl groups excluding tert-OH is 1. The van der Waals surface area contributed by atoms with E-state index in [1.807, 2.05) is 20.8 Å². The zero-order valence-electron chi connectivity index (χ0n) is 14.1. The molecule has 24 heavy (non-hydrogen) atoms. The standard InChI is InChI=1S/C18H22FN3O2/c1-18(2,3)22-10-13(9-20-22)17(24)21-11-15(23)8-16(21)12-5-4-6-14(19)7-12/h4-7,9-10,15-16,23H,8,11H2,1-3H3. The molecule has 1 saturated heterocycles. The van der Waals surface area contributed by atoms with Crippen molar-refractivity contribution in [3.05, 3.63) is 53.6 Å². The van der Waals surface area contributed by atoms with Gasteiger partial charge in [-0.3, -0.25) is 9.48 Å². The van der Waals surface area contributed by atoms with Gasteiger partial charge in [0.2, 0.25) is 0 Å². The minimum absolute atomic E-state index is 0.198. The number of aromatic nitrogens is 2. The summed E-state index contributed by atoms with van der Waals surface area (Å²) < 4.78 is 15.3. The highest BCUT2D eigenvalue weighted by Gasteiger charge is 2.36. The molecular formula is C18H22FN3O2. The fraction of sp³-hybridized carbons (Fsp3) is 0.444. The van der Waals surface area contributed by atoms with E-state index in [0.29, 0.717) is 17.5 Å². The lowest BCUT2D eigenvalue weighted by Gasteiger charge is -2.24. The van der Waals surface area contributed by atoms with E-state index >= 15 is 0 Å². The summed E-state index contributed by atoms with van der Waals surface area (Å²) in [5, 5.41) is 14.3. The van der Waals surface area contributed by atoms with Crippen LogP contribution >= 0.6 is 0 Å². The van der Waals surface area contributed by atoms with Gasteiger partial charge in [0.1, 0.15) is 5.82 Å². The van der Waals surface area contributed by atoms with Gasteiger partial charge >= 0.3 is 0 Å². The maximum Gasteiger partial charge on any atom is 0.257 e. The molecule has 1 aliphatic rings. The molecular weight excluding hydrogens is 309 g/mol. The van der Waals surface area contributed by atoms with E-state index in [4.69, 9.17) is 0 Å². The van der Waals surface area contributed by atoms with Gasteiger partial charge in [-0.1, -0.05) is 12.1 Å². The van der Waals surface area contributed by atoms with Crippen molar-refractivity contribution in [1.29, 1.82) is 0 Å². The van der Waals surface area contributed by atoms with Crippen molar-refractivity contribution in [1.82, 2.24) is 14.7 Å². The summed E-state index contributed by atoms with van der Waals surface area (Å²) >= 11 is 0. The number of carbonyl (C=O) groups is 1. The minimum atomic E-state index is -0.611. The smallest absolute Gasteiger partial charge is 0.257 e. The van der Waals surface area contributed by atoms with E-state index in [1.165, 1.54) is 12.1 Å². The molecule has 3 rings (SSSR count). The van der Waals surface area contributed by atoms with Crippen LogP contribution in [0.4, 0.5) is 4.39 Å². The molecule has 128 valence electrons. The van der Waals surface area contributed by atoms with Gasteiger partial charge in [0.05, 0.1) is 29.4 Å². The van der Waals surface area contributed by atoms with Gasteiger partial charge in [-0.25, -0.2) is 4.39 Å². The van der Waals surface area contributed by atoms with Crippen LogP contribution in [0.25, 0.3) is 0 Å². The van der Waals surface area contributed by atoms with E-state index in [2.05, 4.69) is 5.10 Å². The Morgan fingerprint density at radius 1 is 1.38 bits per heavy atom. The number of likely N-dealkylation sites (tertiary alicyclic amines) is 1. The molecule has 1 fully saturated rings. The van der Waals surface area contributed by atoms with Gasteiger partial charge in [-0.05, 0) is 44.9 Å². The number of carbonyl (C=O) groups excluding carboxylic acids is 1. The van der Waals surface area contributed by atoms with Crippen LogP contribution in [0.2, 0.25) is 0 Å². The number of rotatable bonds is 2. The SMILES string of the molecule is CC(C)(C)n1cc(C(=O)N2CC(O)CC2c2cccc(F)c2)cn1. The Labute approximate surface area is 140 Å². The molecule has 0 aliphatic carbocycles. The summed E-state index contributed by atoms with van der Waals surface area (Å²) in [6.45, 7) is 6.25. The average molecular weight is 331 g/mol. The van der Waals surface area contributed by atoms with Crippen molar-refractivity contribution in [3.63, 3.8) is 0 Å². The zero-order chi connectivity index (χ0) is 17.5. The number of nitrogens with zero attached hydrogens (tertiary/aromatic N) is 3. The highest BCUT2D eigenvalue weighted by molar-refractivity contribution is 5.94. The van der Waals surface area contributed by atoms with Gasteiger partial charge < -0.3 is 10.0 Å². The third-order valence-corrected chi connectivity index (χ3v) is 4.29. The second kappa shape index (κ2) is 6.02. The molecule has 1 aliphatic heterocycles. The highest BCUT2D eigenvalue weighted by Crippen LogP contribution is 2.33. The van der Waals surface area contributed by atoms with Crippen LogP contribution in [0.3, 0.4) is 0 Å². The van der Waals surface area contributed by atoms with E-state index in [-0.39, 0.29) is 29.8 Å².